The molecule has 2 aliphatic heterocycles. The second-order valence-electron chi connectivity index (χ2n) is 9.04. The lowest BCUT2D eigenvalue weighted by atomic mass is 9.92. The number of Topliss-reactive ketones (excluding diaryl/α,β-unsaturated/α-hetero) is 2. The number of amides is 1. The van der Waals surface area contributed by atoms with Gasteiger partial charge in [-0.3, -0.25) is 19.3 Å². The zero-order chi connectivity index (χ0) is 22.1. The summed E-state index contributed by atoms with van der Waals surface area (Å²) in [5, 5.41) is 0. The van der Waals surface area contributed by atoms with Crippen LogP contribution in [0.25, 0.3) is 0 Å². The molecule has 0 bridgehead atoms. The lowest BCUT2D eigenvalue weighted by molar-refractivity contribution is -0.133. The molecule has 0 N–H and O–H groups in total. The summed E-state index contributed by atoms with van der Waals surface area (Å²) in [6.45, 7) is 4.14. The van der Waals surface area contributed by atoms with E-state index in [0.29, 0.717) is 37.3 Å². The minimum atomic E-state index is -0.511. The number of benzene rings is 2. The van der Waals surface area contributed by atoms with E-state index in [1.54, 1.807) is 11.0 Å². The van der Waals surface area contributed by atoms with Crippen molar-refractivity contribution in [2.24, 2.45) is 0 Å². The first kappa shape index (κ1) is 20.9. The van der Waals surface area contributed by atoms with E-state index >= 15 is 0 Å². The van der Waals surface area contributed by atoms with Crippen LogP contribution >= 0.6 is 0 Å². The molecule has 1 unspecified atom stereocenters. The van der Waals surface area contributed by atoms with E-state index in [-0.39, 0.29) is 23.9 Å². The van der Waals surface area contributed by atoms with E-state index in [4.69, 9.17) is 4.74 Å². The first-order chi connectivity index (χ1) is 15.6. The van der Waals surface area contributed by atoms with Crippen molar-refractivity contribution in [1.29, 1.82) is 0 Å². The fourth-order valence-corrected chi connectivity index (χ4v) is 5.00. The van der Waals surface area contributed by atoms with E-state index in [2.05, 4.69) is 29.2 Å². The smallest absolute Gasteiger partial charge is 0.255 e. The predicted molar refractivity (Wildman–Crippen MR) is 119 cm³/mol. The second-order valence-corrected chi connectivity index (χ2v) is 9.04. The number of ketones is 2. The molecular formula is C26H28N2O4. The Labute approximate surface area is 188 Å². The first-order valence-corrected chi connectivity index (χ1v) is 11.5. The Hall–Kier alpha value is -2.99. The molecular weight excluding hydrogens is 404 g/mol. The summed E-state index contributed by atoms with van der Waals surface area (Å²) < 4.78 is 6.11. The highest BCUT2D eigenvalue weighted by molar-refractivity contribution is 6.07. The Bertz CT molecular complexity index is 1040. The standard InChI is InChI=1S/C26H28N2O4/c29-20-10-11-23(24(30)14-20)28-16-22-21(26(28)31)4-3-5-25(22)32-17-19-8-6-18(7-9-19)15-27-12-1-2-13-27/h3-9,23H,1-2,10-17H2. The molecule has 2 aromatic carbocycles. The maximum atomic E-state index is 13.0. The summed E-state index contributed by atoms with van der Waals surface area (Å²) in [5.41, 5.74) is 3.81. The topological polar surface area (TPSA) is 66.9 Å². The third-order valence-electron chi connectivity index (χ3n) is 6.79. The number of carbonyl (C=O) groups is 3. The van der Waals surface area contributed by atoms with Gasteiger partial charge >= 0.3 is 0 Å². The lowest BCUT2D eigenvalue weighted by Crippen LogP contribution is -2.44. The summed E-state index contributed by atoms with van der Waals surface area (Å²) in [7, 11) is 0. The largest absolute Gasteiger partial charge is 0.489 e. The summed E-state index contributed by atoms with van der Waals surface area (Å²) in [5.74, 6) is 0.341. The van der Waals surface area contributed by atoms with Gasteiger partial charge in [0, 0.05) is 24.1 Å². The minimum absolute atomic E-state index is 0.0362. The van der Waals surface area contributed by atoms with Gasteiger partial charge in [0.2, 0.25) is 0 Å². The molecule has 0 aromatic heterocycles. The molecule has 32 heavy (non-hydrogen) atoms. The van der Waals surface area contributed by atoms with Crippen LogP contribution in [-0.2, 0) is 29.3 Å². The SMILES string of the molecule is O=C1CCC(N2Cc3c(OCc4ccc(CN5CCCC5)cc4)cccc3C2=O)C(=O)C1. The fraction of sp³-hybridized carbons (Fsp3) is 0.423. The number of carbonyl (C=O) groups excluding carboxylic acids is 3. The van der Waals surface area contributed by atoms with Crippen LogP contribution in [0.2, 0.25) is 0 Å². The Balaban J connectivity index is 1.25. The van der Waals surface area contributed by atoms with Crippen LogP contribution in [0.3, 0.4) is 0 Å². The van der Waals surface area contributed by atoms with Gasteiger partial charge in [-0.05, 0) is 55.6 Å². The molecule has 1 aliphatic carbocycles. The van der Waals surface area contributed by atoms with Crippen molar-refractivity contribution in [3.05, 3.63) is 64.7 Å². The van der Waals surface area contributed by atoms with Gasteiger partial charge in [-0.15, -0.1) is 0 Å². The lowest BCUT2D eigenvalue weighted by Gasteiger charge is -2.29. The van der Waals surface area contributed by atoms with Gasteiger partial charge in [-0.2, -0.15) is 0 Å². The molecule has 1 saturated carbocycles. The molecule has 6 nitrogen and oxygen atoms in total. The number of hydrogen-bond donors (Lipinski definition) is 0. The van der Waals surface area contributed by atoms with Crippen LogP contribution in [0.4, 0.5) is 0 Å². The van der Waals surface area contributed by atoms with Gasteiger partial charge in [0.15, 0.2) is 5.78 Å². The van der Waals surface area contributed by atoms with Crippen molar-refractivity contribution in [2.45, 2.75) is 57.8 Å². The number of likely N-dealkylation sites (tertiary alicyclic amines) is 1. The average Bonchev–Trinajstić information content (AvgIpc) is 3.42. The second kappa shape index (κ2) is 8.87. The molecule has 2 fully saturated rings. The summed E-state index contributed by atoms with van der Waals surface area (Å²) in [6, 6.07) is 13.5. The zero-order valence-corrected chi connectivity index (χ0v) is 18.2. The minimum Gasteiger partial charge on any atom is -0.489 e. The Morgan fingerprint density at radius 1 is 0.938 bits per heavy atom. The van der Waals surface area contributed by atoms with Crippen LogP contribution in [0.15, 0.2) is 42.5 Å². The average molecular weight is 433 g/mol. The number of nitrogens with zero attached hydrogens (tertiary/aromatic N) is 2. The van der Waals surface area contributed by atoms with Crippen molar-refractivity contribution in [2.75, 3.05) is 13.1 Å². The van der Waals surface area contributed by atoms with Gasteiger partial charge in [-0.25, -0.2) is 0 Å². The molecule has 2 heterocycles. The highest BCUT2D eigenvalue weighted by Gasteiger charge is 2.39. The van der Waals surface area contributed by atoms with Crippen molar-refractivity contribution in [3.63, 3.8) is 0 Å². The molecule has 3 aliphatic rings. The highest BCUT2D eigenvalue weighted by atomic mass is 16.5. The molecule has 1 amide bonds. The number of ether oxygens (including phenoxy) is 1. The summed E-state index contributed by atoms with van der Waals surface area (Å²) >= 11 is 0. The van der Waals surface area contributed by atoms with Crippen molar-refractivity contribution in [3.8, 4) is 5.75 Å². The van der Waals surface area contributed by atoms with E-state index in [1.165, 1.54) is 31.5 Å². The van der Waals surface area contributed by atoms with Gasteiger partial charge in [-0.1, -0.05) is 30.3 Å². The van der Waals surface area contributed by atoms with Crippen molar-refractivity contribution >= 4 is 17.5 Å². The van der Waals surface area contributed by atoms with E-state index in [9.17, 15) is 14.4 Å². The molecule has 5 rings (SSSR count). The van der Waals surface area contributed by atoms with Crippen LogP contribution in [0.5, 0.6) is 5.75 Å². The van der Waals surface area contributed by atoms with Crippen molar-refractivity contribution in [1.82, 2.24) is 9.80 Å². The van der Waals surface area contributed by atoms with Crippen LogP contribution in [0.1, 0.15) is 59.2 Å². The molecule has 0 spiro atoms. The summed E-state index contributed by atoms with van der Waals surface area (Å²) in [6.07, 6.45) is 3.29. The van der Waals surface area contributed by atoms with Gasteiger partial charge in [0.25, 0.3) is 5.91 Å². The molecule has 2 aromatic rings. The zero-order valence-electron chi connectivity index (χ0n) is 18.2. The van der Waals surface area contributed by atoms with Gasteiger partial charge in [0.05, 0.1) is 19.0 Å². The third kappa shape index (κ3) is 4.19. The van der Waals surface area contributed by atoms with Crippen LogP contribution < -0.4 is 4.74 Å². The molecule has 166 valence electrons. The highest BCUT2D eigenvalue weighted by Crippen LogP contribution is 2.34. The van der Waals surface area contributed by atoms with Crippen LogP contribution in [-0.4, -0.2) is 46.4 Å². The Morgan fingerprint density at radius 3 is 2.44 bits per heavy atom. The first-order valence-electron chi connectivity index (χ1n) is 11.5. The maximum Gasteiger partial charge on any atom is 0.255 e. The maximum absolute atomic E-state index is 13.0. The number of rotatable bonds is 6. The normalized spacial score (nSPS) is 21.3. The molecule has 0 radical (unpaired) electrons. The van der Waals surface area contributed by atoms with Gasteiger partial charge in [0.1, 0.15) is 18.1 Å². The quantitative estimate of drug-likeness (QED) is 0.654. The van der Waals surface area contributed by atoms with Crippen molar-refractivity contribution < 1.29 is 19.1 Å². The number of hydrogen-bond acceptors (Lipinski definition) is 5. The van der Waals surface area contributed by atoms with E-state index < -0.39 is 6.04 Å². The van der Waals surface area contributed by atoms with Gasteiger partial charge < -0.3 is 9.64 Å². The molecule has 1 saturated heterocycles. The predicted octanol–water partition coefficient (Wildman–Crippen LogP) is 3.51. The number of fused-ring (bicyclic) bond motifs is 1. The third-order valence-corrected chi connectivity index (χ3v) is 6.79. The Kier molecular flexibility index (Phi) is 5.79. The van der Waals surface area contributed by atoms with E-state index in [0.717, 1.165) is 17.7 Å². The fourth-order valence-electron chi connectivity index (χ4n) is 5.00. The van der Waals surface area contributed by atoms with E-state index in [1.807, 2.05) is 12.1 Å². The summed E-state index contributed by atoms with van der Waals surface area (Å²) in [4.78, 5) is 41.0. The molecule has 6 heteroatoms. The Morgan fingerprint density at radius 2 is 1.69 bits per heavy atom. The molecule has 1 atom stereocenters. The van der Waals surface area contributed by atoms with Crippen LogP contribution in [0, 0.1) is 0 Å². The monoisotopic (exact) mass is 432 g/mol.